The Balaban J connectivity index is 0.00000196. The zero-order valence-electron chi connectivity index (χ0n) is 8.60. The second kappa shape index (κ2) is 5.50. The van der Waals surface area contributed by atoms with Crippen molar-refractivity contribution in [1.29, 1.82) is 0 Å². The molecule has 0 aliphatic carbocycles. The third-order valence-electron chi connectivity index (χ3n) is 2.18. The fraction of sp³-hybridized carbons (Fsp3) is 0.857. The van der Waals surface area contributed by atoms with Crippen molar-refractivity contribution in [1.82, 2.24) is 4.90 Å². The van der Waals surface area contributed by atoms with E-state index in [1.165, 1.54) is 0 Å². The van der Waals surface area contributed by atoms with Gasteiger partial charge in [-0.1, -0.05) is 0 Å². The van der Waals surface area contributed by atoms with Crippen molar-refractivity contribution in [3.63, 3.8) is 0 Å². The van der Waals surface area contributed by atoms with Crippen molar-refractivity contribution in [3.8, 4) is 0 Å². The number of carbonyl (C=O) groups excluding carboxylic acids is 1. The molecule has 0 aromatic rings. The summed E-state index contributed by atoms with van der Waals surface area (Å²) in [7, 11) is 5.39. The number of hydrogen-bond acceptors (Lipinski definition) is 3. The molecule has 1 saturated heterocycles. The van der Waals surface area contributed by atoms with E-state index in [1.807, 2.05) is 0 Å². The molecule has 1 heterocycles. The Kier molecular flexibility index (Phi) is 5.84. The van der Waals surface area contributed by atoms with E-state index in [-0.39, 0.29) is 75.7 Å². The van der Waals surface area contributed by atoms with Gasteiger partial charge in [-0.15, -0.1) is 0 Å². The summed E-state index contributed by atoms with van der Waals surface area (Å²) in [5.41, 5.74) is 0. The van der Waals surface area contributed by atoms with Crippen LogP contribution in [0.3, 0.4) is 0 Å². The molecular formula is C7H9BF3KNO2. The number of methoxy groups -OCH3 is 1. The number of nitrogens with zero attached hydrogens (tertiary/aromatic N) is 1. The number of ether oxygens (including phenoxy) is 1. The maximum Gasteiger partial charge on any atom is 1.00 e. The quantitative estimate of drug-likeness (QED) is 0.310. The molecule has 0 spiro atoms. The third-order valence-corrected chi connectivity index (χ3v) is 2.18. The zero-order valence-corrected chi connectivity index (χ0v) is 11.7. The second-order valence-corrected chi connectivity index (χ2v) is 3.09. The van der Waals surface area contributed by atoms with Crippen LogP contribution < -0.4 is 51.4 Å². The first-order valence-electron chi connectivity index (χ1n) is 4.04. The molecule has 8 heteroatoms. The molecule has 1 atom stereocenters. The van der Waals surface area contributed by atoms with Crippen LogP contribution in [0.2, 0.25) is 0 Å². The Labute approximate surface area is 130 Å². The molecule has 0 saturated carbocycles. The smallest absolute Gasteiger partial charge is 0.501 e. The predicted octanol–water partition coefficient (Wildman–Crippen LogP) is -2.36. The maximum atomic E-state index is 13.8. The van der Waals surface area contributed by atoms with E-state index in [0.717, 1.165) is 7.11 Å². The first kappa shape index (κ1) is 15.9. The molecule has 1 aliphatic rings. The Morgan fingerprint density at radius 2 is 2.13 bits per heavy atom. The monoisotopic (exact) mass is 246 g/mol. The van der Waals surface area contributed by atoms with Crippen LogP contribution in [-0.4, -0.2) is 44.1 Å². The molecule has 0 aromatic carbocycles. The van der Waals surface area contributed by atoms with Crippen molar-refractivity contribution in [2.45, 2.75) is 24.6 Å². The molecule has 1 unspecified atom stereocenters. The summed E-state index contributed by atoms with van der Waals surface area (Å²) in [5, 5.41) is 0. The van der Waals surface area contributed by atoms with Gasteiger partial charge in [0.05, 0.1) is 13.1 Å². The first-order valence-corrected chi connectivity index (χ1v) is 4.04. The van der Waals surface area contributed by atoms with Crippen molar-refractivity contribution < 1.29 is 74.1 Å². The summed E-state index contributed by atoms with van der Waals surface area (Å²) < 4.78 is 43.2. The number of likely N-dealkylation sites (tertiary alicyclic amines) is 1. The summed E-state index contributed by atoms with van der Waals surface area (Å²) in [6.45, 7) is -0.269. The fourth-order valence-corrected chi connectivity index (χ4v) is 1.54. The third kappa shape index (κ3) is 3.20. The molecular weight excluding hydrogens is 237 g/mol. The number of halogens is 3. The number of carbonyl (C=O) groups is 1. The molecule has 1 fully saturated rings. The van der Waals surface area contributed by atoms with E-state index in [2.05, 4.69) is 12.6 Å². The Morgan fingerprint density at radius 1 is 1.60 bits per heavy atom. The summed E-state index contributed by atoms with van der Waals surface area (Å²) in [4.78, 5) is 11.0. The molecule has 15 heavy (non-hydrogen) atoms. The van der Waals surface area contributed by atoms with E-state index in [4.69, 9.17) is 0 Å². The average molecular weight is 246 g/mol. The minimum atomic E-state index is -3.85. The summed E-state index contributed by atoms with van der Waals surface area (Å²) in [6.07, 6.45) is -0.190. The maximum absolute atomic E-state index is 13.8. The molecule has 1 rings (SSSR count). The first-order chi connectivity index (χ1) is 6.32. The van der Waals surface area contributed by atoms with Gasteiger partial charge in [0, 0.05) is 13.0 Å². The van der Waals surface area contributed by atoms with Crippen LogP contribution in [0, 0.1) is 0 Å². The van der Waals surface area contributed by atoms with Crippen LogP contribution in [0.15, 0.2) is 0 Å². The topological polar surface area (TPSA) is 29.5 Å². The van der Waals surface area contributed by atoms with Gasteiger partial charge < -0.3 is 12.6 Å². The van der Waals surface area contributed by atoms with E-state index in [9.17, 15) is 18.0 Å². The number of alkyl halides is 3. The van der Waals surface area contributed by atoms with Gasteiger partial charge in [-0.2, -0.15) is 0 Å². The predicted molar refractivity (Wildman–Crippen MR) is 42.5 cm³/mol. The fourth-order valence-electron chi connectivity index (χ4n) is 1.54. The van der Waals surface area contributed by atoms with Crippen LogP contribution >= 0.6 is 0 Å². The minimum absolute atomic E-state index is 0. The molecule has 1 aliphatic heterocycles. The van der Waals surface area contributed by atoms with Crippen LogP contribution in [0.5, 0.6) is 0 Å². The Hall–Kier alpha value is 0.921. The van der Waals surface area contributed by atoms with Gasteiger partial charge in [0.15, 0.2) is 0 Å². The molecule has 0 N–H and O–H groups in total. The Morgan fingerprint density at radius 3 is 2.53 bits per heavy atom. The van der Waals surface area contributed by atoms with Crippen LogP contribution in [0.1, 0.15) is 12.8 Å². The van der Waals surface area contributed by atoms with Crippen LogP contribution in [0.25, 0.3) is 0 Å². The normalized spacial score (nSPS) is 27.3. The van der Waals surface area contributed by atoms with Crippen molar-refractivity contribution in [2.75, 3.05) is 13.7 Å². The standard InChI is InChI=1S/C7H9BF3NO2.K/c1-14-5(13)6(9)3-2-4-12(6)7(8,10)11;/h2-4H2,1H3;/q-1;+1. The SMILES string of the molecule is [B-]C(F)(F)N1CCCC1(F)C(=O)OC.[K+]. The van der Waals surface area contributed by atoms with Crippen LogP contribution in [0.4, 0.5) is 13.2 Å². The van der Waals surface area contributed by atoms with Gasteiger partial charge in [0.1, 0.15) is 0 Å². The molecule has 0 amide bonds. The number of hydrogen-bond donors (Lipinski definition) is 0. The molecule has 79 valence electrons. The van der Waals surface area contributed by atoms with E-state index in [0.29, 0.717) is 0 Å². The van der Waals surface area contributed by atoms with Gasteiger partial charge in [-0.25, -0.2) is 22.9 Å². The van der Waals surface area contributed by atoms with Gasteiger partial charge in [0.2, 0.25) is 0 Å². The van der Waals surface area contributed by atoms with Gasteiger partial charge in [0.25, 0.3) is 5.79 Å². The van der Waals surface area contributed by atoms with Crippen LogP contribution in [-0.2, 0) is 9.53 Å². The van der Waals surface area contributed by atoms with Crippen molar-refractivity contribution >= 4 is 13.8 Å². The number of esters is 1. The van der Waals surface area contributed by atoms with Gasteiger partial charge in [-0.3, -0.25) is 0 Å². The second-order valence-electron chi connectivity index (χ2n) is 3.09. The minimum Gasteiger partial charge on any atom is -0.501 e. The van der Waals surface area contributed by atoms with E-state index < -0.39 is 17.7 Å². The summed E-state index contributed by atoms with van der Waals surface area (Å²) in [6, 6.07) is 0. The molecule has 3 radical (unpaired) electrons. The number of rotatable bonds is 2. The summed E-state index contributed by atoms with van der Waals surface area (Å²) >= 11 is 0. The molecule has 0 bridgehead atoms. The van der Waals surface area contributed by atoms with E-state index >= 15 is 0 Å². The summed E-state index contributed by atoms with van der Waals surface area (Å²) in [5.74, 6) is -7.98. The molecule has 0 aromatic heterocycles. The van der Waals surface area contributed by atoms with Gasteiger partial charge in [-0.05, 0) is 6.42 Å². The largest absolute Gasteiger partial charge is 1.00 e. The zero-order chi connectivity index (χ0) is 11.0. The van der Waals surface area contributed by atoms with E-state index in [1.54, 1.807) is 0 Å². The molecule has 3 nitrogen and oxygen atoms in total. The van der Waals surface area contributed by atoms with Gasteiger partial charge >= 0.3 is 57.4 Å². The Bertz CT molecular complexity index is 251. The van der Waals surface area contributed by atoms with Crippen molar-refractivity contribution in [2.24, 2.45) is 0 Å². The van der Waals surface area contributed by atoms with Crippen molar-refractivity contribution in [3.05, 3.63) is 0 Å². The average Bonchev–Trinajstić information content (AvgIpc) is 2.46.